The van der Waals surface area contributed by atoms with Gasteiger partial charge in [0.25, 0.3) is 0 Å². The van der Waals surface area contributed by atoms with Crippen molar-refractivity contribution in [3.63, 3.8) is 0 Å². The van der Waals surface area contributed by atoms with E-state index in [1.54, 1.807) is 0 Å². The second kappa shape index (κ2) is 6.98. The molecule has 0 saturated carbocycles. The summed E-state index contributed by atoms with van der Waals surface area (Å²) in [5.74, 6) is 0. The first-order valence-corrected chi connectivity index (χ1v) is 8.67. The number of nitrogens with zero attached hydrogens (tertiary/aromatic N) is 1. The van der Waals surface area contributed by atoms with Gasteiger partial charge in [-0.15, -0.1) is 0 Å². The number of benzene rings is 2. The SMILES string of the molecule is Clc1ccc(CCCN2Cc3cc(Cl)c(Cl)cc3C2)cc1Cl. The number of aryl methyl sites for hydroxylation is 1. The Hall–Kier alpha value is -0.440. The monoisotopic (exact) mass is 373 g/mol. The van der Waals surface area contributed by atoms with E-state index in [-0.39, 0.29) is 0 Å². The van der Waals surface area contributed by atoms with E-state index in [4.69, 9.17) is 46.4 Å². The summed E-state index contributed by atoms with van der Waals surface area (Å²) >= 11 is 24.1. The minimum Gasteiger partial charge on any atom is -0.295 e. The molecule has 1 aliphatic heterocycles. The first-order valence-electron chi connectivity index (χ1n) is 7.16. The topological polar surface area (TPSA) is 3.24 Å². The molecule has 2 aromatic carbocycles. The lowest BCUT2D eigenvalue weighted by Gasteiger charge is -2.14. The molecule has 1 nitrogen and oxygen atoms in total. The lowest BCUT2D eigenvalue weighted by Crippen LogP contribution is -2.18. The molecule has 3 rings (SSSR count). The fourth-order valence-electron chi connectivity index (χ4n) is 2.82. The van der Waals surface area contributed by atoms with Crippen LogP contribution in [0.1, 0.15) is 23.1 Å². The van der Waals surface area contributed by atoms with Crippen LogP contribution in [0.2, 0.25) is 20.1 Å². The Morgan fingerprint density at radius 3 is 1.95 bits per heavy atom. The van der Waals surface area contributed by atoms with Crippen LogP contribution in [0.3, 0.4) is 0 Å². The molecule has 1 heterocycles. The molecule has 5 heteroatoms. The average molecular weight is 375 g/mol. The second-order valence-corrected chi connectivity index (χ2v) is 7.23. The van der Waals surface area contributed by atoms with Crippen molar-refractivity contribution in [1.82, 2.24) is 4.90 Å². The van der Waals surface area contributed by atoms with Gasteiger partial charge in [0.15, 0.2) is 0 Å². The van der Waals surface area contributed by atoms with Gasteiger partial charge in [-0.05, 0) is 60.3 Å². The lowest BCUT2D eigenvalue weighted by atomic mass is 10.1. The van der Waals surface area contributed by atoms with Crippen molar-refractivity contribution in [1.29, 1.82) is 0 Å². The highest BCUT2D eigenvalue weighted by Crippen LogP contribution is 2.31. The maximum Gasteiger partial charge on any atom is 0.0595 e. The first-order chi connectivity index (χ1) is 10.5. The molecule has 0 aromatic heterocycles. The summed E-state index contributed by atoms with van der Waals surface area (Å²) in [6, 6.07) is 9.81. The van der Waals surface area contributed by atoms with Crippen LogP contribution in [0, 0.1) is 0 Å². The molecule has 0 radical (unpaired) electrons. The van der Waals surface area contributed by atoms with Crippen LogP contribution in [0.15, 0.2) is 30.3 Å². The van der Waals surface area contributed by atoms with Gasteiger partial charge in [-0.3, -0.25) is 4.90 Å². The van der Waals surface area contributed by atoms with E-state index >= 15 is 0 Å². The summed E-state index contributed by atoms with van der Waals surface area (Å²) in [7, 11) is 0. The molecule has 0 spiro atoms. The van der Waals surface area contributed by atoms with Gasteiger partial charge >= 0.3 is 0 Å². The van der Waals surface area contributed by atoms with Gasteiger partial charge in [-0.2, -0.15) is 0 Å². The minimum absolute atomic E-state index is 0.606. The van der Waals surface area contributed by atoms with Crippen molar-refractivity contribution in [2.75, 3.05) is 6.54 Å². The minimum atomic E-state index is 0.606. The van der Waals surface area contributed by atoms with Crippen molar-refractivity contribution in [2.45, 2.75) is 25.9 Å². The number of halogens is 4. The molecule has 0 saturated heterocycles. The molecule has 0 N–H and O–H groups in total. The summed E-state index contributed by atoms with van der Waals surface area (Å²) in [6.07, 6.45) is 2.07. The van der Waals surface area contributed by atoms with E-state index in [2.05, 4.69) is 4.90 Å². The third-order valence-corrected chi connectivity index (χ3v) is 5.42. The van der Waals surface area contributed by atoms with Crippen molar-refractivity contribution >= 4 is 46.4 Å². The standard InChI is InChI=1S/C17H15Cl4N/c18-14-4-3-11(6-15(14)19)2-1-5-22-9-12-7-16(20)17(21)8-13(12)10-22/h3-4,6-8H,1-2,5,9-10H2. The van der Waals surface area contributed by atoms with E-state index < -0.39 is 0 Å². The van der Waals surface area contributed by atoms with E-state index in [9.17, 15) is 0 Å². The van der Waals surface area contributed by atoms with Gasteiger partial charge in [-0.25, -0.2) is 0 Å². The van der Waals surface area contributed by atoms with E-state index in [0.29, 0.717) is 20.1 Å². The smallest absolute Gasteiger partial charge is 0.0595 e. The number of rotatable bonds is 4. The fraction of sp³-hybridized carbons (Fsp3) is 0.294. The van der Waals surface area contributed by atoms with Gasteiger partial charge in [0, 0.05) is 13.1 Å². The fourth-order valence-corrected chi connectivity index (χ4v) is 3.51. The molecule has 0 aliphatic carbocycles. The molecular weight excluding hydrogens is 360 g/mol. The molecule has 0 fully saturated rings. The third kappa shape index (κ3) is 3.72. The molecule has 0 atom stereocenters. The van der Waals surface area contributed by atoms with Crippen LogP contribution >= 0.6 is 46.4 Å². The molecule has 22 heavy (non-hydrogen) atoms. The van der Waals surface area contributed by atoms with Gasteiger partial charge in [-0.1, -0.05) is 52.5 Å². The molecule has 1 aliphatic rings. The quantitative estimate of drug-likeness (QED) is 0.611. The Kier molecular flexibility index (Phi) is 5.21. The Balaban J connectivity index is 1.54. The molecular formula is C17H15Cl4N. The van der Waals surface area contributed by atoms with Gasteiger partial charge in [0.2, 0.25) is 0 Å². The predicted octanol–water partition coefficient (Wildman–Crippen LogP) is 6.25. The molecule has 0 bridgehead atoms. The number of hydrogen-bond donors (Lipinski definition) is 0. The lowest BCUT2D eigenvalue weighted by molar-refractivity contribution is 0.280. The number of hydrogen-bond acceptors (Lipinski definition) is 1. The van der Waals surface area contributed by atoms with Crippen LogP contribution in [0.25, 0.3) is 0 Å². The Labute approximate surface area is 150 Å². The summed E-state index contributed by atoms with van der Waals surface area (Å²) < 4.78 is 0. The van der Waals surface area contributed by atoms with Crippen molar-refractivity contribution in [3.05, 3.63) is 67.1 Å². The number of fused-ring (bicyclic) bond motifs is 1. The highest BCUT2D eigenvalue weighted by Gasteiger charge is 2.19. The zero-order chi connectivity index (χ0) is 15.7. The van der Waals surface area contributed by atoms with Crippen LogP contribution in [-0.4, -0.2) is 11.4 Å². The van der Waals surface area contributed by atoms with Gasteiger partial charge < -0.3 is 0 Å². The first kappa shape index (κ1) is 16.4. The molecule has 0 unspecified atom stereocenters. The summed E-state index contributed by atoms with van der Waals surface area (Å²) in [4.78, 5) is 2.41. The molecule has 2 aromatic rings. The Morgan fingerprint density at radius 2 is 1.36 bits per heavy atom. The zero-order valence-corrected chi connectivity index (χ0v) is 14.9. The Morgan fingerprint density at radius 1 is 0.773 bits per heavy atom. The van der Waals surface area contributed by atoms with Crippen molar-refractivity contribution < 1.29 is 0 Å². The highest BCUT2D eigenvalue weighted by molar-refractivity contribution is 6.42. The van der Waals surface area contributed by atoms with Crippen LogP contribution in [0.4, 0.5) is 0 Å². The van der Waals surface area contributed by atoms with Crippen LogP contribution in [0.5, 0.6) is 0 Å². The predicted molar refractivity (Wildman–Crippen MR) is 95.4 cm³/mol. The Bertz CT molecular complexity index is 668. The van der Waals surface area contributed by atoms with E-state index in [1.165, 1.54) is 16.7 Å². The van der Waals surface area contributed by atoms with Gasteiger partial charge in [0.1, 0.15) is 0 Å². The average Bonchev–Trinajstić information content (AvgIpc) is 2.85. The van der Waals surface area contributed by atoms with Crippen molar-refractivity contribution in [3.8, 4) is 0 Å². The highest BCUT2D eigenvalue weighted by atomic mass is 35.5. The normalized spacial score (nSPS) is 14.4. The largest absolute Gasteiger partial charge is 0.295 e. The third-order valence-electron chi connectivity index (χ3n) is 3.95. The van der Waals surface area contributed by atoms with Crippen LogP contribution < -0.4 is 0 Å². The summed E-state index contributed by atoms with van der Waals surface area (Å²) in [5.41, 5.74) is 3.78. The maximum absolute atomic E-state index is 6.08. The summed E-state index contributed by atoms with van der Waals surface area (Å²) in [6.45, 7) is 2.91. The van der Waals surface area contributed by atoms with E-state index in [0.717, 1.165) is 32.5 Å². The van der Waals surface area contributed by atoms with Crippen LogP contribution in [-0.2, 0) is 19.5 Å². The zero-order valence-electron chi connectivity index (χ0n) is 11.9. The van der Waals surface area contributed by atoms with Crippen molar-refractivity contribution in [2.24, 2.45) is 0 Å². The van der Waals surface area contributed by atoms with E-state index in [1.807, 2.05) is 30.3 Å². The molecule has 116 valence electrons. The molecule has 0 amide bonds. The summed E-state index contributed by atoms with van der Waals surface area (Å²) in [5, 5.41) is 2.50. The van der Waals surface area contributed by atoms with Gasteiger partial charge in [0.05, 0.1) is 20.1 Å². The second-order valence-electron chi connectivity index (χ2n) is 5.60. The maximum atomic E-state index is 6.08.